The number of nitrogens with zero attached hydrogens (tertiary/aromatic N) is 5. The van der Waals surface area contributed by atoms with Gasteiger partial charge in [0.15, 0.2) is 5.82 Å². The van der Waals surface area contributed by atoms with E-state index in [1.54, 1.807) is 20.2 Å². The van der Waals surface area contributed by atoms with Crippen molar-refractivity contribution in [3.63, 3.8) is 0 Å². The maximum Gasteiger partial charge on any atom is 0.243 e. The van der Waals surface area contributed by atoms with Crippen LogP contribution in [0.1, 0.15) is 63.8 Å². The predicted octanol–water partition coefficient (Wildman–Crippen LogP) is 1.21. The van der Waals surface area contributed by atoms with Gasteiger partial charge >= 0.3 is 0 Å². The molecular weight excluding hydrogens is 576 g/mol. The van der Waals surface area contributed by atoms with Crippen LogP contribution in [0, 0.1) is 12.8 Å². The largest absolute Gasteiger partial charge is 0.354 e. The first-order chi connectivity index (χ1) is 21.5. The minimum Gasteiger partial charge on any atom is -0.354 e. The van der Waals surface area contributed by atoms with Crippen LogP contribution in [0.5, 0.6) is 0 Å². The summed E-state index contributed by atoms with van der Waals surface area (Å²) in [6, 6.07) is 7.05. The van der Waals surface area contributed by atoms with E-state index in [9.17, 15) is 19.2 Å². The minimum atomic E-state index is -0.871. The number of nitrogens with one attached hydrogen (secondary N) is 5. The van der Waals surface area contributed by atoms with E-state index in [1.165, 1.54) is 4.68 Å². The Balaban J connectivity index is 1.61. The first-order valence-corrected chi connectivity index (χ1v) is 15.4. The number of carbonyl (C=O) groups excluding carboxylic acids is 4. The molecule has 4 amide bonds. The second-order valence-electron chi connectivity index (χ2n) is 11.9. The van der Waals surface area contributed by atoms with Crippen LogP contribution >= 0.6 is 0 Å². The van der Waals surface area contributed by atoms with E-state index in [-0.39, 0.29) is 30.8 Å². The van der Waals surface area contributed by atoms with Crippen LogP contribution in [0.25, 0.3) is 11.4 Å². The van der Waals surface area contributed by atoms with Gasteiger partial charge in [-0.05, 0) is 39.5 Å². The Morgan fingerprint density at radius 3 is 2.38 bits per heavy atom. The molecule has 14 heteroatoms. The predicted molar refractivity (Wildman–Crippen MR) is 167 cm³/mol. The second kappa shape index (κ2) is 15.4. The minimum absolute atomic E-state index is 0.0237. The van der Waals surface area contributed by atoms with Crippen molar-refractivity contribution in [2.24, 2.45) is 5.92 Å². The van der Waals surface area contributed by atoms with E-state index < -0.39 is 29.9 Å². The van der Waals surface area contributed by atoms with Crippen LogP contribution < -0.4 is 21.3 Å². The molecule has 0 saturated carbocycles. The lowest BCUT2D eigenvalue weighted by Crippen LogP contribution is -2.54. The molecule has 1 aliphatic heterocycles. The third-order valence-electron chi connectivity index (χ3n) is 7.53. The molecule has 3 aromatic rings. The van der Waals surface area contributed by atoms with Crippen molar-refractivity contribution in [3.8, 4) is 11.4 Å². The Kier molecular flexibility index (Phi) is 11.4. The van der Waals surface area contributed by atoms with Gasteiger partial charge in [-0.3, -0.25) is 24.1 Å². The zero-order chi connectivity index (χ0) is 32.5. The van der Waals surface area contributed by atoms with Gasteiger partial charge in [0.2, 0.25) is 23.6 Å². The number of imidazole rings is 1. The maximum atomic E-state index is 13.5. The molecular formula is C31H44N10O4. The number of hydrogen-bond donors (Lipinski definition) is 5. The highest BCUT2D eigenvalue weighted by molar-refractivity contribution is 5.92. The zero-order valence-corrected chi connectivity index (χ0v) is 26.6. The van der Waals surface area contributed by atoms with Crippen LogP contribution in [-0.4, -0.2) is 85.0 Å². The summed E-state index contributed by atoms with van der Waals surface area (Å²) < 4.78 is 1.50. The molecule has 0 aliphatic carbocycles. The Bertz CT molecular complexity index is 1470. The van der Waals surface area contributed by atoms with Crippen molar-refractivity contribution >= 4 is 23.6 Å². The van der Waals surface area contributed by atoms with Gasteiger partial charge in [-0.1, -0.05) is 44.2 Å². The summed E-state index contributed by atoms with van der Waals surface area (Å²) in [4.78, 5) is 66.8. The monoisotopic (exact) mass is 620 g/mol. The maximum absolute atomic E-state index is 13.5. The summed E-state index contributed by atoms with van der Waals surface area (Å²) in [7, 11) is 0. The molecule has 45 heavy (non-hydrogen) atoms. The molecule has 2 aromatic heterocycles. The lowest BCUT2D eigenvalue weighted by molar-refractivity contribution is -0.132. The number of rotatable bonds is 5. The van der Waals surface area contributed by atoms with Gasteiger partial charge in [0.1, 0.15) is 24.5 Å². The molecule has 1 aliphatic rings. The zero-order valence-electron chi connectivity index (χ0n) is 26.6. The van der Waals surface area contributed by atoms with E-state index in [0.717, 1.165) is 17.0 Å². The van der Waals surface area contributed by atoms with Crippen LogP contribution in [0.3, 0.4) is 0 Å². The Morgan fingerprint density at radius 1 is 0.933 bits per heavy atom. The summed E-state index contributed by atoms with van der Waals surface area (Å²) in [6.07, 6.45) is 2.56. The van der Waals surface area contributed by atoms with Crippen molar-refractivity contribution in [1.82, 2.24) is 50.9 Å². The first-order valence-electron chi connectivity index (χ1n) is 15.4. The summed E-state index contributed by atoms with van der Waals surface area (Å²) in [5.41, 5.74) is 2.48. The molecule has 0 radical (unpaired) electrons. The highest BCUT2D eigenvalue weighted by Gasteiger charge is 2.28. The number of hydrogen-bond acceptors (Lipinski definition) is 8. The van der Waals surface area contributed by atoms with E-state index in [1.807, 2.05) is 56.0 Å². The Labute approximate surface area is 263 Å². The third kappa shape index (κ3) is 9.45. The first kappa shape index (κ1) is 33.3. The van der Waals surface area contributed by atoms with Crippen LogP contribution in [-0.2, 0) is 32.3 Å². The number of benzene rings is 1. The topological polar surface area (TPSA) is 179 Å². The Morgan fingerprint density at radius 2 is 1.69 bits per heavy atom. The molecule has 3 atom stereocenters. The number of H-pyrrole nitrogens is 1. The van der Waals surface area contributed by atoms with Crippen LogP contribution in [0.4, 0.5) is 0 Å². The molecule has 4 rings (SSSR count). The van der Waals surface area contributed by atoms with Gasteiger partial charge in [0.05, 0.1) is 24.6 Å². The van der Waals surface area contributed by atoms with E-state index in [2.05, 4.69) is 36.3 Å². The fourth-order valence-electron chi connectivity index (χ4n) is 5.13. The fourth-order valence-corrected chi connectivity index (χ4v) is 5.13. The molecule has 242 valence electrons. The van der Waals surface area contributed by atoms with Gasteiger partial charge in [0, 0.05) is 30.9 Å². The van der Waals surface area contributed by atoms with Crippen molar-refractivity contribution in [3.05, 3.63) is 53.9 Å². The van der Waals surface area contributed by atoms with Crippen LogP contribution in [0.15, 0.2) is 36.7 Å². The summed E-state index contributed by atoms with van der Waals surface area (Å²) in [5.74, 6) is -0.525. The summed E-state index contributed by atoms with van der Waals surface area (Å²) in [6.45, 7) is 10.4. The van der Waals surface area contributed by atoms with E-state index >= 15 is 0 Å². The van der Waals surface area contributed by atoms with Crippen molar-refractivity contribution in [1.29, 1.82) is 0 Å². The molecule has 3 heterocycles. The summed E-state index contributed by atoms with van der Waals surface area (Å²) in [5, 5.41) is 16.1. The number of aromatic amines is 1. The lowest BCUT2D eigenvalue weighted by atomic mass is 10.0. The van der Waals surface area contributed by atoms with Crippen LogP contribution in [0.2, 0.25) is 0 Å². The molecule has 0 unspecified atom stereocenters. The van der Waals surface area contributed by atoms with E-state index in [4.69, 9.17) is 4.98 Å². The summed E-state index contributed by atoms with van der Waals surface area (Å²) >= 11 is 0. The fraction of sp³-hybridized carbons (Fsp3) is 0.516. The third-order valence-corrected chi connectivity index (χ3v) is 7.53. The standard InChI is InChI=1S/C31H44N10O4/c1-19(2)14-24-31(45)36-21(4)29-38-28(23-10-7-6-8-11-23)39-41(29)17-26(42)32-12-9-13-40(15-25-20(3)33-18-34-25)16-27(43)35-22(5)30(44)37-24/h6-8,10-11,18-19,21-22,24H,9,12-17H2,1-5H3,(H,32,42)(H,33,34)(H,35,43)(H,36,45)(H,37,44)/t21-,22+,24+/m0/s1. The van der Waals surface area contributed by atoms with Gasteiger partial charge in [0.25, 0.3) is 0 Å². The molecule has 0 spiro atoms. The molecule has 0 saturated heterocycles. The number of fused-ring (bicyclic) bond motifs is 1. The molecule has 0 fully saturated rings. The Hall–Kier alpha value is -4.59. The molecule has 0 bridgehead atoms. The highest BCUT2D eigenvalue weighted by atomic mass is 16.2. The number of aromatic nitrogens is 5. The SMILES string of the molecule is Cc1[nH]cnc1CN1CCCNC(=O)Cn2nc(-c3ccccc3)nc2[C@H](C)NC(=O)[C@@H](CC(C)C)NC(=O)[C@@H](C)NC(=O)C1. The van der Waals surface area contributed by atoms with Gasteiger partial charge in [-0.2, -0.15) is 5.10 Å². The second-order valence-corrected chi connectivity index (χ2v) is 11.9. The lowest BCUT2D eigenvalue weighted by Gasteiger charge is -2.25. The van der Waals surface area contributed by atoms with Gasteiger partial charge in [-0.25, -0.2) is 14.6 Å². The van der Waals surface area contributed by atoms with Crippen molar-refractivity contribution < 1.29 is 19.2 Å². The average molecular weight is 621 g/mol. The van der Waals surface area contributed by atoms with Gasteiger partial charge < -0.3 is 26.3 Å². The average Bonchev–Trinajstić information content (AvgIpc) is 3.60. The quantitative estimate of drug-likeness (QED) is 0.282. The van der Waals surface area contributed by atoms with Gasteiger partial charge in [-0.15, -0.1) is 0 Å². The number of amides is 4. The smallest absolute Gasteiger partial charge is 0.243 e. The molecule has 5 N–H and O–H groups in total. The normalized spacial score (nSPS) is 21.5. The highest BCUT2D eigenvalue weighted by Crippen LogP contribution is 2.19. The molecule has 14 nitrogen and oxygen atoms in total. The molecule has 1 aromatic carbocycles. The van der Waals surface area contributed by atoms with Crippen molar-refractivity contribution in [2.75, 3.05) is 19.6 Å². The van der Waals surface area contributed by atoms with Crippen molar-refractivity contribution in [2.45, 2.75) is 78.7 Å². The number of carbonyl (C=O) groups is 4. The van der Waals surface area contributed by atoms with E-state index in [0.29, 0.717) is 44.1 Å². The number of aryl methyl sites for hydroxylation is 1.